The molecule has 0 aliphatic carbocycles. The Hall–Kier alpha value is -3.41. The standard InChI is InChI=1S/C22H17ClN2O7S2/c1-24(13-4-3-5-14(9-13)32-2)34(30,31)15-6-7-16(23)17(10-15)25-18(26)8-12-11-33-20(22(28)29)19(12)21(25)27/h3-7,9-11H,8H2,1-2H3,(H,28,29). The predicted octanol–water partition coefficient (Wildman–Crippen LogP) is 3.66. The van der Waals surface area contributed by atoms with Crippen LogP contribution in [0.2, 0.25) is 5.02 Å². The molecule has 176 valence electrons. The van der Waals surface area contributed by atoms with Crippen molar-refractivity contribution in [2.24, 2.45) is 0 Å². The van der Waals surface area contributed by atoms with Crippen LogP contribution in [0.15, 0.2) is 52.7 Å². The first-order valence-corrected chi connectivity index (χ1v) is 12.4. The number of thiophene rings is 1. The van der Waals surface area contributed by atoms with E-state index in [0.29, 0.717) is 17.0 Å². The van der Waals surface area contributed by atoms with Crippen molar-refractivity contribution in [1.82, 2.24) is 0 Å². The van der Waals surface area contributed by atoms with Crippen molar-refractivity contribution in [2.45, 2.75) is 11.3 Å². The number of benzene rings is 2. The molecule has 0 unspecified atom stereocenters. The molecule has 9 nitrogen and oxygen atoms in total. The summed E-state index contributed by atoms with van der Waals surface area (Å²) in [5.74, 6) is -2.36. The zero-order chi connectivity index (χ0) is 24.8. The number of carboxylic acid groups (broad SMARTS) is 1. The number of anilines is 2. The quantitative estimate of drug-likeness (QED) is 0.492. The molecule has 0 spiro atoms. The number of fused-ring (bicyclic) bond motifs is 1. The van der Waals surface area contributed by atoms with Crippen LogP contribution in [-0.2, 0) is 21.2 Å². The van der Waals surface area contributed by atoms with Crippen molar-refractivity contribution in [2.75, 3.05) is 23.4 Å². The molecule has 3 aromatic rings. The summed E-state index contributed by atoms with van der Waals surface area (Å²) in [6, 6.07) is 10.1. The first kappa shape index (κ1) is 23.7. The van der Waals surface area contributed by atoms with Crippen LogP contribution in [0.1, 0.15) is 25.6 Å². The van der Waals surface area contributed by atoms with E-state index >= 15 is 0 Å². The van der Waals surface area contributed by atoms with Gasteiger partial charge in [-0.05, 0) is 41.3 Å². The van der Waals surface area contributed by atoms with Crippen molar-refractivity contribution in [1.29, 1.82) is 0 Å². The first-order chi connectivity index (χ1) is 16.1. The molecule has 1 aromatic heterocycles. The molecule has 0 atom stereocenters. The van der Waals surface area contributed by atoms with E-state index in [0.717, 1.165) is 26.6 Å². The van der Waals surface area contributed by atoms with Crippen LogP contribution in [0.25, 0.3) is 0 Å². The van der Waals surface area contributed by atoms with Crippen LogP contribution in [0.5, 0.6) is 5.75 Å². The molecule has 34 heavy (non-hydrogen) atoms. The van der Waals surface area contributed by atoms with E-state index in [-0.39, 0.29) is 32.5 Å². The summed E-state index contributed by atoms with van der Waals surface area (Å²) in [4.78, 5) is 37.8. The maximum absolute atomic E-state index is 13.3. The molecule has 1 N–H and O–H groups in total. The Bertz CT molecular complexity index is 1450. The van der Waals surface area contributed by atoms with Gasteiger partial charge in [0.2, 0.25) is 5.91 Å². The number of nitrogens with zero attached hydrogens (tertiary/aromatic N) is 2. The normalized spacial score (nSPS) is 13.6. The largest absolute Gasteiger partial charge is 0.497 e. The molecule has 12 heteroatoms. The van der Waals surface area contributed by atoms with Gasteiger partial charge in [0.05, 0.1) is 40.4 Å². The van der Waals surface area contributed by atoms with Gasteiger partial charge in [0.15, 0.2) is 0 Å². The number of amides is 2. The van der Waals surface area contributed by atoms with Gasteiger partial charge in [0.25, 0.3) is 15.9 Å². The predicted molar refractivity (Wildman–Crippen MR) is 127 cm³/mol. The molecule has 2 aromatic carbocycles. The number of imide groups is 1. The van der Waals surface area contributed by atoms with E-state index in [1.54, 1.807) is 18.2 Å². The van der Waals surface area contributed by atoms with Crippen molar-refractivity contribution in [3.63, 3.8) is 0 Å². The summed E-state index contributed by atoms with van der Waals surface area (Å²) in [6.07, 6.45) is -0.220. The number of ether oxygens (including phenoxy) is 1. The highest BCUT2D eigenvalue weighted by molar-refractivity contribution is 7.92. The van der Waals surface area contributed by atoms with Crippen LogP contribution in [0, 0.1) is 0 Å². The lowest BCUT2D eigenvalue weighted by Gasteiger charge is -2.27. The van der Waals surface area contributed by atoms with Gasteiger partial charge in [-0.1, -0.05) is 17.7 Å². The van der Waals surface area contributed by atoms with Crippen LogP contribution >= 0.6 is 22.9 Å². The fourth-order valence-corrected chi connectivity index (χ4v) is 5.86. The maximum Gasteiger partial charge on any atom is 0.346 e. The average Bonchev–Trinajstić information content (AvgIpc) is 3.24. The summed E-state index contributed by atoms with van der Waals surface area (Å²) in [7, 11) is -1.31. The van der Waals surface area contributed by atoms with E-state index in [1.165, 1.54) is 37.7 Å². The molecule has 0 saturated heterocycles. The number of hydrogen-bond donors (Lipinski definition) is 1. The minimum Gasteiger partial charge on any atom is -0.497 e. The minimum atomic E-state index is -4.12. The molecule has 0 bridgehead atoms. The number of carboxylic acids is 1. The molecular formula is C22H17ClN2O7S2. The van der Waals surface area contributed by atoms with Crippen LogP contribution < -0.4 is 13.9 Å². The molecule has 2 amide bonds. The van der Waals surface area contributed by atoms with Crippen molar-refractivity contribution in [3.05, 3.63) is 68.9 Å². The first-order valence-electron chi connectivity index (χ1n) is 9.69. The van der Waals surface area contributed by atoms with Gasteiger partial charge in [-0.25, -0.2) is 18.1 Å². The number of carbonyl (C=O) groups is 3. The Morgan fingerprint density at radius 2 is 1.94 bits per heavy atom. The second-order valence-electron chi connectivity index (χ2n) is 7.27. The number of sulfonamides is 1. The lowest BCUT2D eigenvalue weighted by atomic mass is 10.0. The summed E-state index contributed by atoms with van der Waals surface area (Å²) in [6.45, 7) is 0. The Labute approximate surface area is 203 Å². The summed E-state index contributed by atoms with van der Waals surface area (Å²) >= 11 is 7.11. The number of hydrogen-bond acceptors (Lipinski definition) is 7. The van der Waals surface area contributed by atoms with E-state index in [4.69, 9.17) is 16.3 Å². The minimum absolute atomic E-state index is 0.0414. The lowest BCUT2D eigenvalue weighted by Crippen LogP contribution is -2.43. The molecule has 2 heterocycles. The summed E-state index contributed by atoms with van der Waals surface area (Å²) < 4.78 is 32.8. The van der Waals surface area contributed by atoms with E-state index in [1.807, 2.05) is 0 Å². The van der Waals surface area contributed by atoms with Crippen LogP contribution in [0.3, 0.4) is 0 Å². The number of halogens is 1. The molecule has 4 rings (SSSR count). The average molecular weight is 521 g/mol. The van der Waals surface area contributed by atoms with Gasteiger partial charge in [0, 0.05) is 13.1 Å². The Morgan fingerprint density at radius 1 is 1.21 bits per heavy atom. The topological polar surface area (TPSA) is 121 Å². The molecule has 0 saturated carbocycles. The number of carbonyl (C=O) groups excluding carboxylic acids is 2. The number of methoxy groups -OCH3 is 1. The Kier molecular flexibility index (Phi) is 6.11. The lowest BCUT2D eigenvalue weighted by molar-refractivity contribution is -0.117. The monoisotopic (exact) mass is 520 g/mol. The van der Waals surface area contributed by atoms with Crippen molar-refractivity contribution < 1.29 is 32.6 Å². The molecule has 0 fully saturated rings. The van der Waals surface area contributed by atoms with Gasteiger partial charge in [-0.2, -0.15) is 0 Å². The smallest absolute Gasteiger partial charge is 0.346 e. The third-order valence-corrected chi connectivity index (χ3v) is 8.42. The van der Waals surface area contributed by atoms with E-state index < -0.39 is 27.8 Å². The van der Waals surface area contributed by atoms with Gasteiger partial charge < -0.3 is 9.84 Å². The number of aromatic carboxylic acids is 1. The van der Waals surface area contributed by atoms with E-state index in [2.05, 4.69) is 0 Å². The van der Waals surface area contributed by atoms with Crippen LogP contribution in [0.4, 0.5) is 11.4 Å². The third kappa shape index (κ3) is 3.91. The SMILES string of the molecule is COc1cccc(N(C)S(=O)(=O)c2ccc(Cl)c(N3C(=O)Cc4csc(C(=O)O)c4C3=O)c2)c1. The fraction of sp³-hybridized carbons (Fsp3) is 0.136. The van der Waals surface area contributed by atoms with Crippen LogP contribution in [-0.4, -0.2) is 45.5 Å². The van der Waals surface area contributed by atoms with E-state index in [9.17, 15) is 27.9 Å². The summed E-state index contributed by atoms with van der Waals surface area (Å²) in [5.41, 5.74) is 0.390. The highest BCUT2D eigenvalue weighted by Crippen LogP contribution is 2.37. The van der Waals surface area contributed by atoms with Gasteiger partial charge in [-0.3, -0.25) is 13.9 Å². The van der Waals surface area contributed by atoms with Gasteiger partial charge in [0.1, 0.15) is 10.6 Å². The molecule has 1 aliphatic rings. The third-order valence-electron chi connectivity index (χ3n) is 5.30. The second-order valence-corrected chi connectivity index (χ2v) is 10.5. The molecular weight excluding hydrogens is 504 g/mol. The highest BCUT2D eigenvalue weighted by Gasteiger charge is 2.38. The molecule has 0 radical (unpaired) electrons. The zero-order valence-corrected chi connectivity index (χ0v) is 20.2. The number of rotatable bonds is 6. The van der Waals surface area contributed by atoms with Crippen molar-refractivity contribution in [3.8, 4) is 5.75 Å². The second kappa shape index (κ2) is 8.75. The Balaban J connectivity index is 1.78. The molecule has 1 aliphatic heterocycles. The van der Waals surface area contributed by atoms with Gasteiger partial charge >= 0.3 is 5.97 Å². The van der Waals surface area contributed by atoms with Gasteiger partial charge in [-0.15, -0.1) is 11.3 Å². The highest BCUT2D eigenvalue weighted by atomic mass is 35.5. The van der Waals surface area contributed by atoms with Crippen molar-refractivity contribution >= 4 is 62.1 Å². The Morgan fingerprint density at radius 3 is 2.62 bits per heavy atom. The zero-order valence-electron chi connectivity index (χ0n) is 17.8. The summed E-state index contributed by atoms with van der Waals surface area (Å²) in [5, 5.41) is 10.8. The maximum atomic E-state index is 13.3. The fourth-order valence-electron chi connectivity index (χ4n) is 3.55.